The molecule has 1 saturated carbocycles. The first-order chi connectivity index (χ1) is 17.1. The average Bonchev–Trinajstić information content (AvgIpc) is 3.26. The Morgan fingerprint density at radius 1 is 1.33 bits per heavy atom. The van der Waals surface area contributed by atoms with E-state index in [1.807, 2.05) is 0 Å². The van der Waals surface area contributed by atoms with Crippen molar-refractivity contribution in [1.29, 1.82) is 0 Å². The smallest absolute Gasteiger partial charge is 0.270 e. The minimum absolute atomic E-state index is 0.0423. The van der Waals surface area contributed by atoms with E-state index in [2.05, 4.69) is 26.0 Å². The number of nitrogens with zero attached hydrogens (tertiary/aromatic N) is 3. The van der Waals surface area contributed by atoms with Gasteiger partial charge in [0.2, 0.25) is 11.8 Å². The van der Waals surface area contributed by atoms with Gasteiger partial charge in [-0.3, -0.25) is 19.3 Å². The molecule has 36 heavy (non-hydrogen) atoms. The summed E-state index contributed by atoms with van der Waals surface area (Å²) in [5.74, 6) is -4.66. The molecule has 1 heterocycles. The van der Waals surface area contributed by atoms with Gasteiger partial charge in [0.05, 0.1) is 18.4 Å². The number of amides is 2. The highest BCUT2D eigenvalue weighted by Crippen LogP contribution is 2.37. The van der Waals surface area contributed by atoms with Crippen LogP contribution in [0.5, 0.6) is 0 Å². The molecule has 1 aromatic rings. The lowest BCUT2D eigenvalue weighted by Gasteiger charge is -2.33. The van der Waals surface area contributed by atoms with E-state index >= 15 is 0 Å². The van der Waals surface area contributed by atoms with Crippen LogP contribution >= 0.6 is 0 Å². The summed E-state index contributed by atoms with van der Waals surface area (Å²) >= 11 is 0. The summed E-state index contributed by atoms with van der Waals surface area (Å²) in [6, 6.07) is -1.25. The number of carbonyl (C=O) groups excluding carboxylic acids is 3. The van der Waals surface area contributed by atoms with Crippen molar-refractivity contribution in [1.82, 2.24) is 20.4 Å². The first kappa shape index (κ1) is 29.1. The lowest BCUT2D eigenvalue weighted by molar-refractivity contribution is -0.126. The van der Waals surface area contributed by atoms with Crippen molar-refractivity contribution in [3.05, 3.63) is 24.7 Å². The number of halogens is 2. The number of aliphatic imine (C=N–C) groups is 1. The highest BCUT2D eigenvalue weighted by molar-refractivity contribution is 6.43. The second-order valence-electron chi connectivity index (χ2n) is 9.34. The molecule has 0 aromatic carbocycles. The van der Waals surface area contributed by atoms with Crippen LogP contribution in [0.3, 0.4) is 0 Å². The van der Waals surface area contributed by atoms with E-state index in [9.17, 15) is 23.2 Å². The molecule has 0 saturated heterocycles. The molecule has 0 aliphatic heterocycles. The molecule has 10 nitrogen and oxygen atoms in total. The van der Waals surface area contributed by atoms with E-state index in [1.165, 1.54) is 18.5 Å². The summed E-state index contributed by atoms with van der Waals surface area (Å²) in [6.45, 7) is 4.60. The standard InChI is InChI=1S/C24H37F2N7O3/c1-16(2)30-20(6-10-27)22(35)32-21(18-4-8-24(25,26)9-5-18)23(36)31-19-12-29-33(14-19)13-17(15-34)7-11-28-3/h6,10,12,14-18,21,28H,4-5,7-9,11,13,27H2,1-3H3,(H,31,36)(H,32,35)/b10-6-,30-20?. The van der Waals surface area contributed by atoms with E-state index in [4.69, 9.17) is 5.73 Å². The third kappa shape index (κ3) is 9.14. The monoisotopic (exact) mass is 509 g/mol. The van der Waals surface area contributed by atoms with Gasteiger partial charge in [-0.05, 0) is 64.9 Å². The minimum Gasteiger partial charge on any atom is -0.405 e. The fourth-order valence-electron chi connectivity index (χ4n) is 4.08. The van der Waals surface area contributed by atoms with E-state index in [0.29, 0.717) is 25.2 Å². The van der Waals surface area contributed by atoms with Gasteiger partial charge in [-0.15, -0.1) is 0 Å². The molecule has 12 heteroatoms. The van der Waals surface area contributed by atoms with Gasteiger partial charge in [-0.1, -0.05) is 0 Å². The average molecular weight is 510 g/mol. The molecule has 2 rings (SSSR count). The van der Waals surface area contributed by atoms with E-state index in [1.54, 1.807) is 31.8 Å². The van der Waals surface area contributed by atoms with E-state index < -0.39 is 29.7 Å². The SMILES string of the molecule is CNCCC(C=O)Cn1cc(NC(=O)C(NC(=O)C(/C=C\N)=NC(C)C)C2CCC(F)(F)CC2)cn1. The van der Waals surface area contributed by atoms with E-state index in [0.717, 1.165) is 6.29 Å². The van der Waals surface area contributed by atoms with Crippen molar-refractivity contribution in [3.63, 3.8) is 0 Å². The number of hydrogen-bond acceptors (Lipinski definition) is 7. The Labute approximate surface area is 210 Å². The maximum atomic E-state index is 13.8. The van der Waals surface area contributed by atoms with Crippen LogP contribution in [0, 0.1) is 11.8 Å². The molecule has 0 spiro atoms. The predicted octanol–water partition coefficient (Wildman–Crippen LogP) is 1.88. The van der Waals surface area contributed by atoms with Crippen molar-refractivity contribution in [2.75, 3.05) is 18.9 Å². The maximum absolute atomic E-state index is 13.8. The zero-order valence-corrected chi connectivity index (χ0v) is 21.0. The number of carbonyl (C=O) groups is 3. The van der Waals surface area contributed by atoms with Crippen LogP contribution in [0.1, 0.15) is 46.0 Å². The molecule has 0 bridgehead atoms. The quantitative estimate of drug-likeness (QED) is 0.236. The molecular formula is C24H37F2N7O3. The van der Waals surface area contributed by atoms with Crippen LogP contribution in [0.2, 0.25) is 0 Å². The number of nitrogens with one attached hydrogen (secondary N) is 3. The molecule has 2 amide bonds. The number of aldehydes is 1. The van der Waals surface area contributed by atoms with Crippen molar-refractivity contribution >= 4 is 29.5 Å². The Morgan fingerprint density at radius 2 is 2.03 bits per heavy atom. The Balaban J connectivity index is 2.17. The molecule has 1 aliphatic carbocycles. The molecule has 2 atom stereocenters. The summed E-state index contributed by atoms with van der Waals surface area (Å²) in [6.07, 6.45) is 6.50. The second kappa shape index (κ2) is 13.8. The number of rotatable bonds is 13. The molecule has 5 N–H and O–H groups in total. The van der Waals surface area contributed by atoms with Crippen LogP contribution in [-0.2, 0) is 20.9 Å². The van der Waals surface area contributed by atoms with Gasteiger partial charge in [0.15, 0.2) is 0 Å². The third-order valence-electron chi connectivity index (χ3n) is 5.97. The van der Waals surface area contributed by atoms with Crippen molar-refractivity contribution in [2.45, 2.75) is 70.5 Å². The molecule has 1 aliphatic rings. The van der Waals surface area contributed by atoms with Crippen LogP contribution in [0.15, 0.2) is 29.7 Å². The van der Waals surface area contributed by atoms with Gasteiger partial charge in [-0.25, -0.2) is 8.78 Å². The van der Waals surface area contributed by atoms with Crippen LogP contribution in [0.25, 0.3) is 0 Å². The number of alkyl halides is 2. The minimum atomic E-state index is -2.78. The first-order valence-electron chi connectivity index (χ1n) is 12.2. The van der Waals surface area contributed by atoms with Gasteiger partial charge < -0.3 is 26.5 Å². The van der Waals surface area contributed by atoms with Crippen LogP contribution < -0.4 is 21.7 Å². The molecule has 2 unspecified atom stereocenters. The Kier molecular flexibility index (Phi) is 11.2. The van der Waals surface area contributed by atoms with Gasteiger partial charge in [0.25, 0.3) is 5.91 Å². The zero-order valence-electron chi connectivity index (χ0n) is 21.0. The lowest BCUT2D eigenvalue weighted by atomic mass is 9.81. The summed E-state index contributed by atoms with van der Waals surface area (Å²) < 4.78 is 29.1. The van der Waals surface area contributed by atoms with Crippen LogP contribution in [-0.4, -0.2) is 65.2 Å². The van der Waals surface area contributed by atoms with E-state index in [-0.39, 0.29) is 43.4 Å². The summed E-state index contributed by atoms with van der Waals surface area (Å²) in [7, 11) is 1.80. The largest absolute Gasteiger partial charge is 0.405 e. The summed E-state index contributed by atoms with van der Waals surface area (Å²) in [5, 5.41) is 12.6. The number of hydrogen-bond donors (Lipinski definition) is 4. The van der Waals surface area contributed by atoms with Crippen molar-refractivity contribution in [2.24, 2.45) is 22.6 Å². The molecule has 0 radical (unpaired) electrons. The number of aromatic nitrogens is 2. The molecule has 200 valence electrons. The Bertz CT molecular complexity index is 936. The molecule has 1 aromatic heterocycles. The Hall–Kier alpha value is -3.15. The van der Waals surface area contributed by atoms with Crippen molar-refractivity contribution in [3.8, 4) is 0 Å². The summed E-state index contributed by atoms with van der Waals surface area (Å²) in [5.41, 5.74) is 5.86. The maximum Gasteiger partial charge on any atom is 0.270 e. The highest BCUT2D eigenvalue weighted by Gasteiger charge is 2.40. The third-order valence-corrected chi connectivity index (χ3v) is 5.97. The van der Waals surface area contributed by atoms with Crippen molar-refractivity contribution < 1.29 is 23.2 Å². The fourth-order valence-corrected chi connectivity index (χ4v) is 4.08. The topological polar surface area (TPSA) is 144 Å². The van der Waals surface area contributed by atoms with Gasteiger partial charge in [0, 0.05) is 31.0 Å². The van der Waals surface area contributed by atoms with Gasteiger partial charge >= 0.3 is 0 Å². The number of anilines is 1. The van der Waals surface area contributed by atoms with Gasteiger partial charge in [-0.2, -0.15) is 5.10 Å². The second-order valence-corrected chi connectivity index (χ2v) is 9.34. The Morgan fingerprint density at radius 3 is 2.61 bits per heavy atom. The van der Waals surface area contributed by atoms with Crippen LogP contribution in [0.4, 0.5) is 14.5 Å². The zero-order chi connectivity index (χ0) is 26.7. The summed E-state index contributed by atoms with van der Waals surface area (Å²) in [4.78, 5) is 41.7. The molecule has 1 fully saturated rings. The number of nitrogens with two attached hydrogens (primary N) is 1. The fraction of sp³-hybridized carbons (Fsp3) is 0.625. The normalized spacial score (nSPS) is 18.2. The first-order valence-corrected chi connectivity index (χ1v) is 12.2. The lowest BCUT2D eigenvalue weighted by Crippen LogP contribution is -2.51. The predicted molar refractivity (Wildman–Crippen MR) is 134 cm³/mol. The molecular weight excluding hydrogens is 472 g/mol. The van der Waals surface area contributed by atoms with Gasteiger partial charge in [0.1, 0.15) is 18.0 Å². The highest BCUT2D eigenvalue weighted by atomic mass is 19.3.